The van der Waals surface area contributed by atoms with E-state index < -0.39 is 35.6 Å². The molecule has 4 N–H and O–H groups in total. The monoisotopic (exact) mass is 311 g/mol. The first-order valence-electron chi connectivity index (χ1n) is 5.32. The summed E-state index contributed by atoms with van der Waals surface area (Å²) in [5.74, 6) is -0.848. The normalized spacial score (nSPS) is 14.9. The second kappa shape index (κ2) is 6.37. The van der Waals surface area contributed by atoms with E-state index in [4.69, 9.17) is 5.73 Å². The van der Waals surface area contributed by atoms with Crippen LogP contribution in [0.3, 0.4) is 0 Å². The molecular weight excluding hydrogens is 299 g/mol. The summed E-state index contributed by atoms with van der Waals surface area (Å²) < 4.78 is 38.3. The van der Waals surface area contributed by atoms with Gasteiger partial charge in [0.25, 0.3) is 0 Å². The van der Waals surface area contributed by atoms with Gasteiger partial charge in [-0.25, -0.2) is 9.97 Å². The summed E-state index contributed by atoms with van der Waals surface area (Å²) in [6, 6.07) is 0. The molecule has 112 valence electrons. The lowest BCUT2D eigenvalue weighted by atomic mass is 10.1. The molecular formula is C10H12F3N3O3S. The average Bonchev–Trinajstić information content (AvgIpc) is 2.33. The van der Waals surface area contributed by atoms with Crippen LogP contribution in [0.2, 0.25) is 0 Å². The van der Waals surface area contributed by atoms with E-state index in [0.29, 0.717) is 18.0 Å². The first kappa shape index (κ1) is 16.7. The average molecular weight is 311 g/mol. The van der Waals surface area contributed by atoms with Crippen LogP contribution in [0.1, 0.15) is 24.3 Å². The van der Waals surface area contributed by atoms with E-state index in [1.165, 1.54) is 6.92 Å². The minimum Gasteiger partial charge on any atom is -0.389 e. The van der Waals surface area contributed by atoms with Crippen LogP contribution in [0.5, 0.6) is 0 Å². The molecule has 1 heterocycles. The topological polar surface area (TPSA) is 109 Å². The van der Waals surface area contributed by atoms with Gasteiger partial charge in [0, 0.05) is 24.4 Å². The third-order valence-corrected chi connectivity index (χ3v) is 3.16. The van der Waals surface area contributed by atoms with Gasteiger partial charge in [0.2, 0.25) is 5.95 Å². The smallest absolute Gasteiger partial charge is 0.389 e. The first-order valence-corrected chi connectivity index (χ1v) is 6.30. The highest BCUT2D eigenvalue weighted by atomic mass is 32.2. The van der Waals surface area contributed by atoms with Crippen molar-refractivity contribution >= 4 is 22.8 Å². The highest BCUT2D eigenvalue weighted by Crippen LogP contribution is 2.34. The third kappa shape index (κ3) is 4.32. The first-order chi connectivity index (χ1) is 9.12. The number of aliphatic hydroxyl groups is 2. The van der Waals surface area contributed by atoms with Crippen molar-refractivity contribution in [2.75, 3.05) is 11.5 Å². The lowest BCUT2D eigenvalue weighted by Crippen LogP contribution is -2.25. The van der Waals surface area contributed by atoms with Gasteiger partial charge in [0.15, 0.2) is 10.8 Å². The highest BCUT2D eigenvalue weighted by Gasteiger charge is 2.39. The van der Waals surface area contributed by atoms with Crippen molar-refractivity contribution in [1.29, 1.82) is 0 Å². The fraction of sp³-hybridized carbons (Fsp3) is 0.500. The van der Waals surface area contributed by atoms with Crippen LogP contribution in [0.25, 0.3) is 0 Å². The van der Waals surface area contributed by atoms with Crippen molar-refractivity contribution in [2.24, 2.45) is 0 Å². The number of halogens is 3. The molecule has 0 aliphatic heterocycles. The second-order valence-electron chi connectivity index (χ2n) is 3.84. The number of aliphatic hydroxyl groups excluding tert-OH is 2. The van der Waals surface area contributed by atoms with Gasteiger partial charge < -0.3 is 15.9 Å². The Labute approximate surface area is 116 Å². The largest absolute Gasteiger partial charge is 0.433 e. The van der Waals surface area contributed by atoms with Crippen LogP contribution in [0.4, 0.5) is 19.1 Å². The van der Waals surface area contributed by atoms with Gasteiger partial charge in [-0.15, -0.1) is 0 Å². The fourth-order valence-corrected chi connectivity index (χ4v) is 1.94. The zero-order valence-electron chi connectivity index (χ0n) is 10.3. The Kier molecular flexibility index (Phi) is 5.31. The van der Waals surface area contributed by atoms with Crippen LogP contribution < -0.4 is 5.73 Å². The molecule has 0 aromatic carbocycles. The summed E-state index contributed by atoms with van der Waals surface area (Å²) in [4.78, 5) is 17.1. The molecule has 0 saturated heterocycles. The van der Waals surface area contributed by atoms with E-state index >= 15 is 0 Å². The van der Waals surface area contributed by atoms with Crippen LogP contribution in [0, 0.1) is 0 Å². The molecule has 0 spiro atoms. The minimum absolute atomic E-state index is 0.252. The number of nitrogens with two attached hydrogens (primary N) is 1. The number of carbonyl (C=O) groups excluding carboxylic acids is 1. The van der Waals surface area contributed by atoms with E-state index in [9.17, 15) is 28.2 Å². The summed E-state index contributed by atoms with van der Waals surface area (Å²) >= 11 is 0.683. The van der Waals surface area contributed by atoms with Crippen LogP contribution in [0.15, 0.2) is 6.20 Å². The maximum absolute atomic E-state index is 12.8. The minimum atomic E-state index is -4.85. The Morgan fingerprint density at radius 2 is 2.10 bits per heavy atom. The van der Waals surface area contributed by atoms with E-state index in [1.54, 1.807) is 0 Å². The molecule has 0 radical (unpaired) electrons. The van der Waals surface area contributed by atoms with Crippen LogP contribution in [-0.2, 0) is 11.0 Å². The van der Waals surface area contributed by atoms with Gasteiger partial charge in [-0.05, 0) is 0 Å². The van der Waals surface area contributed by atoms with Gasteiger partial charge in [-0.2, -0.15) is 13.2 Å². The third-order valence-electron chi connectivity index (χ3n) is 2.24. The van der Waals surface area contributed by atoms with E-state index in [0.717, 1.165) is 0 Å². The number of hydrogen-bond donors (Lipinski definition) is 3. The predicted octanol–water partition coefficient (Wildman–Crippen LogP) is 0.752. The number of alkyl halides is 3. The van der Waals surface area contributed by atoms with Gasteiger partial charge in [0.1, 0.15) is 6.10 Å². The molecule has 2 unspecified atom stereocenters. The molecule has 0 aliphatic carbocycles. The van der Waals surface area contributed by atoms with Gasteiger partial charge >= 0.3 is 6.18 Å². The number of nitrogen functional groups attached to an aromatic ring is 1. The number of aromatic nitrogens is 2. The molecule has 1 aromatic rings. The Hall–Kier alpha value is -1.39. The Balaban J connectivity index is 3.03. The van der Waals surface area contributed by atoms with Crippen molar-refractivity contribution in [1.82, 2.24) is 9.97 Å². The lowest BCUT2D eigenvalue weighted by molar-refractivity contribution is -0.143. The molecule has 2 atom stereocenters. The number of anilines is 1. The Morgan fingerprint density at radius 1 is 1.50 bits per heavy atom. The Morgan fingerprint density at radius 3 is 2.60 bits per heavy atom. The molecule has 1 rings (SSSR count). The van der Waals surface area contributed by atoms with E-state index in [1.807, 2.05) is 0 Å². The van der Waals surface area contributed by atoms with Crippen LogP contribution in [-0.4, -0.2) is 37.2 Å². The number of carbonyl (C=O) groups is 1. The van der Waals surface area contributed by atoms with Crippen molar-refractivity contribution < 1.29 is 28.2 Å². The van der Waals surface area contributed by atoms with Gasteiger partial charge in [0.05, 0.1) is 6.10 Å². The standard InChI is InChI=1S/C10H12F3N3O3S/c1-4(17)20-3-6(18)7(19)5-2-15-9(14)16-8(5)10(11,12)13/h2,6-7,18-19H,3H2,1H3,(H2,14,15,16). The molecule has 0 aliphatic rings. The molecule has 0 saturated carbocycles. The van der Waals surface area contributed by atoms with E-state index in [-0.39, 0.29) is 10.9 Å². The molecule has 1 aromatic heterocycles. The maximum Gasteiger partial charge on any atom is 0.433 e. The predicted molar refractivity (Wildman–Crippen MR) is 65.6 cm³/mol. The summed E-state index contributed by atoms with van der Waals surface area (Å²) in [6.07, 6.45) is -7.59. The molecule has 20 heavy (non-hydrogen) atoms. The summed E-state index contributed by atoms with van der Waals surface area (Å²) in [5, 5.41) is 19.0. The summed E-state index contributed by atoms with van der Waals surface area (Å²) in [7, 11) is 0. The fourth-order valence-electron chi connectivity index (χ4n) is 1.35. The van der Waals surface area contributed by atoms with Crippen LogP contribution >= 0.6 is 11.8 Å². The SMILES string of the molecule is CC(=O)SCC(O)C(O)c1cnc(N)nc1C(F)(F)F. The maximum atomic E-state index is 12.8. The number of thioether (sulfide) groups is 1. The second-order valence-corrected chi connectivity index (χ2v) is 5.04. The zero-order chi connectivity index (χ0) is 15.5. The number of rotatable bonds is 4. The van der Waals surface area contributed by atoms with Gasteiger partial charge in [-0.3, -0.25) is 4.79 Å². The van der Waals surface area contributed by atoms with Crippen molar-refractivity contribution in [3.63, 3.8) is 0 Å². The van der Waals surface area contributed by atoms with Crippen molar-refractivity contribution in [3.8, 4) is 0 Å². The number of hydrogen-bond acceptors (Lipinski definition) is 7. The quantitative estimate of drug-likeness (QED) is 0.752. The van der Waals surface area contributed by atoms with Crippen molar-refractivity contribution in [2.45, 2.75) is 25.3 Å². The van der Waals surface area contributed by atoms with Crippen molar-refractivity contribution in [3.05, 3.63) is 17.5 Å². The summed E-state index contributed by atoms with van der Waals surface area (Å²) in [5.41, 5.74) is 2.98. The lowest BCUT2D eigenvalue weighted by Gasteiger charge is -2.20. The molecule has 6 nitrogen and oxygen atoms in total. The molecule has 10 heteroatoms. The number of nitrogens with zero attached hydrogens (tertiary/aromatic N) is 2. The zero-order valence-corrected chi connectivity index (χ0v) is 11.1. The Bertz CT molecular complexity index is 498. The molecule has 0 fully saturated rings. The highest BCUT2D eigenvalue weighted by molar-refractivity contribution is 8.13. The molecule has 0 amide bonds. The van der Waals surface area contributed by atoms with Gasteiger partial charge in [-0.1, -0.05) is 11.8 Å². The summed E-state index contributed by atoms with van der Waals surface area (Å²) in [6.45, 7) is 1.23. The molecule has 0 bridgehead atoms. The van der Waals surface area contributed by atoms with E-state index in [2.05, 4.69) is 9.97 Å².